The topological polar surface area (TPSA) is 55.4 Å². The first-order chi connectivity index (χ1) is 13.7. The predicted molar refractivity (Wildman–Crippen MR) is 125 cm³/mol. The molecular weight excluding hydrogens is 381 g/mol. The summed E-state index contributed by atoms with van der Waals surface area (Å²) in [5.74, 6) is -0.191. The summed E-state index contributed by atoms with van der Waals surface area (Å²) in [7, 11) is -2.19. The van der Waals surface area contributed by atoms with Crippen LogP contribution >= 0.6 is 7.26 Å². The fourth-order valence-corrected chi connectivity index (χ4v) is 6.62. The number of benzene rings is 2. The van der Waals surface area contributed by atoms with Gasteiger partial charge in [-0.25, -0.2) is 0 Å². The van der Waals surface area contributed by atoms with Crippen molar-refractivity contribution in [1.29, 1.82) is 0 Å². The van der Waals surface area contributed by atoms with Gasteiger partial charge in [-0.15, -0.1) is 0 Å². The first kappa shape index (κ1) is 23.1. The number of carbonyl (C=O) groups excluding carboxylic acids is 2. The molecule has 2 aromatic rings. The van der Waals surface area contributed by atoms with Crippen LogP contribution in [0.25, 0.3) is 0 Å². The van der Waals surface area contributed by atoms with Gasteiger partial charge in [-0.2, -0.15) is 0 Å². The molecule has 29 heavy (non-hydrogen) atoms. The standard InChI is InChI=1S/C24H34NO3P/c1-6-11-21(24(27)25-23-18(2)12-10-13-19(23)3)29(4,5)17-22(26)28-16-20-14-8-7-9-15-20/h7-10,12-15,21,29H,6,11,16-17H2,1-5H3,(H,25,27). The Hall–Kier alpha value is -2.19. The van der Waals surface area contributed by atoms with Crippen LogP contribution in [0.4, 0.5) is 5.69 Å². The van der Waals surface area contributed by atoms with Crippen LogP contribution in [0.5, 0.6) is 0 Å². The first-order valence-electron chi connectivity index (χ1n) is 10.3. The third kappa shape index (κ3) is 6.68. The molecule has 0 aromatic heterocycles. The van der Waals surface area contributed by atoms with E-state index in [2.05, 4.69) is 25.6 Å². The van der Waals surface area contributed by atoms with Crippen LogP contribution in [0.1, 0.15) is 36.5 Å². The summed E-state index contributed by atoms with van der Waals surface area (Å²) in [6, 6.07) is 15.7. The van der Waals surface area contributed by atoms with Crippen LogP contribution in [-0.2, 0) is 20.9 Å². The monoisotopic (exact) mass is 415 g/mol. The maximum atomic E-state index is 13.2. The van der Waals surface area contributed by atoms with Crippen LogP contribution in [0, 0.1) is 13.8 Å². The summed E-state index contributed by atoms with van der Waals surface area (Å²) in [6.45, 7) is 10.6. The molecule has 0 aliphatic heterocycles. The Bertz CT molecular complexity index is 813. The summed E-state index contributed by atoms with van der Waals surface area (Å²) in [6.07, 6.45) is 2.02. The van der Waals surface area contributed by atoms with E-state index in [1.807, 2.05) is 62.4 Å². The first-order valence-corrected chi connectivity index (χ1v) is 13.6. The molecule has 2 aromatic carbocycles. The number of carbonyl (C=O) groups is 2. The Morgan fingerprint density at radius 2 is 1.62 bits per heavy atom. The Labute approximate surface area is 175 Å². The molecule has 0 aliphatic carbocycles. The molecule has 0 bridgehead atoms. The molecule has 0 aliphatic rings. The Morgan fingerprint density at radius 1 is 1.00 bits per heavy atom. The Kier molecular flexibility index (Phi) is 8.40. The Balaban J connectivity index is 2.06. The molecule has 4 nitrogen and oxygen atoms in total. The van der Waals surface area contributed by atoms with Crippen LogP contribution in [-0.4, -0.2) is 37.0 Å². The van der Waals surface area contributed by atoms with E-state index in [4.69, 9.17) is 4.74 Å². The van der Waals surface area contributed by atoms with Crippen LogP contribution < -0.4 is 5.32 Å². The molecule has 0 fully saturated rings. The quantitative estimate of drug-likeness (QED) is 0.454. The zero-order chi connectivity index (χ0) is 21.4. The zero-order valence-electron chi connectivity index (χ0n) is 18.2. The number of ether oxygens (including phenoxy) is 1. The van der Waals surface area contributed by atoms with E-state index in [1.54, 1.807) is 0 Å². The minimum atomic E-state index is -2.19. The molecule has 158 valence electrons. The average Bonchev–Trinajstić information content (AvgIpc) is 2.67. The molecule has 1 amide bonds. The number of rotatable bonds is 9. The summed E-state index contributed by atoms with van der Waals surface area (Å²) in [5, 5.41) is 3.14. The summed E-state index contributed by atoms with van der Waals surface area (Å²) in [5.41, 5.74) is 3.81. The van der Waals surface area contributed by atoms with Crippen molar-refractivity contribution in [1.82, 2.24) is 0 Å². The van der Waals surface area contributed by atoms with Gasteiger partial charge in [-0.05, 0) is 0 Å². The molecule has 0 saturated carbocycles. The van der Waals surface area contributed by atoms with Gasteiger partial charge in [0, 0.05) is 0 Å². The van der Waals surface area contributed by atoms with Crippen molar-refractivity contribution in [2.45, 2.75) is 45.9 Å². The van der Waals surface area contributed by atoms with Crippen LogP contribution in [0.3, 0.4) is 0 Å². The zero-order valence-corrected chi connectivity index (χ0v) is 19.2. The third-order valence-electron chi connectivity index (χ3n) is 5.41. The van der Waals surface area contributed by atoms with E-state index in [1.165, 1.54) is 0 Å². The number of esters is 1. The van der Waals surface area contributed by atoms with Gasteiger partial charge in [0.1, 0.15) is 0 Å². The molecular formula is C24H34NO3P. The minimum absolute atomic E-state index is 0.0248. The van der Waals surface area contributed by atoms with E-state index >= 15 is 0 Å². The predicted octanol–water partition coefficient (Wildman–Crippen LogP) is 5.16. The molecule has 5 heteroatoms. The molecule has 0 spiro atoms. The maximum absolute atomic E-state index is 13.2. The fraction of sp³-hybridized carbons (Fsp3) is 0.417. The van der Waals surface area contributed by atoms with E-state index in [-0.39, 0.29) is 24.1 Å². The van der Waals surface area contributed by atoms with E-state index in [0.29, 0.717) is 6.16 Å². The van der Waals surface area contributed by atoms with Gasteiger partial charge in [-0.1, -0.05) is 0 Å². The number of anilines is 1. The number of aryl methyl sites for hydroxylation is 2. The van der Waals surface area contributed by atoms with Crippen molar-refractivity contribution in [2.24, 2.45) is 0 Å². The normalized spacial score (nSPS) is 12.9. The van der Waals surface area contributed by atoms with Crippen molar-refractivity contribution in [3.8, 4) is 0 Å². The average molecular weight is 416 g/mol. The number of nitrogens with one attached hydrogen (secondary N) is 1. The second-order valence-corrected chi connectivity index (χ2v) is 13.4. The molecule has 2 rings (SSSR count). The van der Waals surface area contributed by atoms with Crippen LogP contribution in [0.2, 0.25) is 0 Å². The molecule has 0 radical (unpaired) electrons. The third-order valence-corrected chi connectivity index (χ3v) is 9.05. The summed E-state index contributed by atoms with van der Waals surface area (Å²) >= 11 is 0. The van der Waals surface area contributed by atoms with Crippen molar-refractivity contribution >= 4 is 24.8 Å². The van der Waals surface area contributed by atoms with Gasteiger partial charge in [0.2, 0.25) is 0 Å². The summed E-state index contributed by atoms with van der Waals surface area (Å²) < 4.78 is 5.49. The second kappa shape index (κ2) is 10.5. The van der Waals surface area contributed by atoms with Crippen molar-refractivity contribution in [3.63, 3.8) is 0 Å². The van der Waals surface area contributed by atoms with Gasteiger partial charge >= 0.3 is 175 Å². The van der Waals surface area contributed by atoms with E-state index in [0.717, 1.165) is 35.2 Å². The number of para-hydroxylation sites is 1. The number of amides is 1. The molecule has 0 heterocycles. The molecule has 1 unspecified atom stereocenters. The molecule has 1 atom stereocenters. The SMILES string of the molecule is CCCC(C(=O)Nc1c(C)cccc1C)[PH](C)(C)CC(=O)OCc1ccccc1. The molecule has 0 saturated heterocycles. The number of hydrogen-bond donors (Lipinski definition) is 1. The van der Waals surface area contributed by atoms with Gasteiger partial charge in [0.25, 0.3) is 0 Å². The van der Waals surface area contributed by atoms with E-state index < -0.39 is 7.26 Å². The second-order valence-electron chi connectivity index (χ2n) is 8.41. The number of hydrogen-bond acceptors (Lipinski definition) is 3. The fourth-order valence-electron chi connectivity index (χ4n) is 3.67. The van der Waals surface area contributed by atoms with E-state index in [9.17, 15) is 9.59 Å². The summed E-state index contributed by atoms with van der Waals surface area (Å²) in [4.78, 5) is 25.7. The van der Waals surface area contributed by atoms with Crippen molar-refractivity contribution < 1.29 is 14.3 Å². The van der Waals surface area contributed by atoms with Gasteiger partial charge in [0.05, 0.1) is 0 Å². The van der Waals surface area contributed by atoms with Gasteiger partial charge in [0.15, 0.2) is 0 Å². The van der Waals surface area contributed by atoms with Crippen LogP contribution in [0.15, 0.2) is 48.5 Å². The van der Waals surface area contributed by atoms with Crippen molar-refractivity contribution in [3.05, 3.63) is 65.2 Å². The Morgan fingerprint density at radius 3 is 2.21 bits per heavy atom. The molecule has 1 N–H and O–H groups in total. The van der Waals surface area contributed by atoms with Gasteiger partial charge < -0.3 is 0 Å². The van der Waals surface area contributed by atoms with Gasteiger partial charge in [-0.3, -0.25) is 0 Å². The van der Waals surface area contributed by atoms with Crippen molar-refractivity contribution in [2.75, 3.05) is 24.8 Å².